The van der Waals surface area contributed by atoms with Gasteiger partial charge in [0.2, 0.25) is 0 Å². The highest BCUT2D eigenvalue weighted by atomic mass is 16.3. The fourth-order valence-electron chi connectivity index (χ4n) is 2.71. The molecular formula is C19H21NO. The third kappa shape index (κ3) is 3.34. The molecule has 3 aromatic rings. The molecule has 0 bridgehead atoms. The molecule has 1 atom stereocenters. The molecule has 2 nitrogen and oxygen atoms in total. The average molecular weight is 279 g/mol. The molecule has 21 heavy (non-hydrogen) atoms. The van der Waals surface area contributed by atoms with E-state index in [0.29, 0.717) is 6.04 Å². The van der Waals surface area contributed by atoms with E-state index < -0.39 is 0 Å². The molecule has 1 heterocycles. The first-order valence-corrected chi connectivity index (χ1v) is 7.62. The maximum Gasteiger partial charge on any atom is 0.134 e. The first-order valence-electron chi connectivity index (χ1n) is 7.62. The van der Waals surface area contributed by atoms with Gasteiger partial charge in [-0.3, -0.25) is 0 Å². The van der Waals surface area contributed by atoms with Crippen molar-refractivity contribution in [2.24, 2.45) is 0 Å². The summed E-state index contributed by atoms with van der Waals surface area (Å²) in [6, 6.07) is 21.3. The highest BCUT2D eigenvalue weighted by Gasteiger charge is 2.11. The van der Waals surface area contributed by atoms with Crippen molar-refractivity contribution in [1.29, 1.82) is 0 Å². The van der Waals surface area contributed by atoms with Gasteiger partial charge in [-0.05, 0) is 24.1 Å². The van der Waals surface area contributed by atoms with E-state index in [4.69, 9.17) is 4.42 Å². The third-order valence-electron chi connectivity index (χ3n) is 3.78. The number of rotatable bonds is 6. The van der Waals surface area contributed by atoms with Gasteiger partial charge < -0.3 is 9.73 Å². The van der Waals surface area contributed by atoms with Gasteiger partial charge in [0.05, 0.1) is 6.54 Å². The largest absolute Gasteiger partial charge is 0.460 e. The number of nitrogens with one attached hydrogen (secondary N) is 1. The molecule has 3 rings (SSSR count). The minimum atomic E-state index is 0.379. The molecule has 0 saturated heterocycles. The minimum Gasteiger partial charge on any atom is -0.460 e. The maximum absolute atomic E-state index is 5.87. The lowest BCUT2D eigenvalue weighted by Crippen LogP contribution is -2.20. The molecule has 2 heteroatoms. The van der Waals surface area contributed by atoms with Gasteiger partial charge >= 0.3 is 0 Å². The summed E-state index contributed by atoms with van der Waals surface area (Å²) in [6.07, 6.45) is 2.29. The van der Waals surface area contributed by atoms with E-state index >= 15 is 0 Å². The van der Waals surface area contributed by atoms with E-state index in [0.717, 1.165) is 30.7 Å². The molecule has 0 amide bonds. The second kappa shape index (κ2) is 6.59. The summed E-state index contributed by atoms with van der Waals surface area (Å²) in [5.74, 6) is 0.994. The van der Waals surface area contributed by atoms with Crippen LogP contribution in [0.15, 0.2) is 65.1 Å². The van der Waals surface area contributed by atoms with Crippen LogP contribution in [-0.2, 0) is 6.54 Å². The summed E-state index contributed by atoms with van der Waals surface area (Å²) in [5.41, 5.74) is 2.30. The lowest BCUT2D eigenvalue weighted by atomic mass is 10.0. The molecule has 1 aromatic heterocycles. The van der Waals surface area contributed by atoms with Gasteiger partial charge in [0.1, 0.15) is 11.3 Å². The highest BCUT2D eigenvalue weighted by molar-refractivity contribution is 5.77. The van der Waals surface area contributed by atoms with E-state index in [-0.39, 0.29) is 0 Å². The Morgan fingerprint density at radius 2 is 1.76 bits per heavy atom. The van der Waals surface area contributed by atoms with Crippen molar-refractivity contribution < 1.29 is 4.42 Å². The van der Waals surface area contributed by atoms with Crippen LogP contribution >= 0.6 is 0 Å². The Kier molecular flexibility index (Phi) is 4.37. The molecule has 0 aliphatic carbocycles. The number of hydrogen-bond acceptors (Lipinski definition) is 2. The summed E-state index contributed by atoms with van der Waals surface area (Å²) < 4.78 is 5.87. The molecule has 1 unspecified atom stereocenters. The fourth-order valence-corrected chi connectivity index (χ4v) is 2.71. The highest BCUT2D eigenvalue weighted by Crippen LogP contribution is 2.22. The summed E-state index contributed by atoms with van der Waals surface area (Å²) in [7, 11) is 0. The van der Waals surface area contributed by atoms with E-state index in [2.05, 4.69) is 54.7 Å². The Balaban J connectivity index is 1.71. The van der Waals surface area contributed by atoms with E-state index in [1.165, 1.54) is 10.9 Å². The number of furan rings is 1. The summed E-state index contributed by atoms with van der Waals surface area (Å²) in [6.45, 7) is 2.98. The van der Waals surface area contributed by atoms with Crippen molar-refractivity contribution >= 4 is 11.0 Å². The van der Waals surface area contributed by atoms with Gasteiger partial charge in [0, 0.05) is 11.4 Å². The summed E-state index contributed by atoms with van der Waals surface area (Å²) >= 11 is 0. The summed E-state index contributed by atoms with van der Waals surface area (Å²) in [5, 5.41) is 4.79. The topological polar surface area (TPSA) is 25.2 Å². The number of hydrogen-bond donors (Lipinski definition) is 1. The van der Waals surface area contributed by atoms with Crippen LogP contribution < -0.4 is 5.32 Å². The zero-order valence-corrected chi connectivity index (χ0v) is 12.4. The predicted molar refractivity (Wildman–Crippen MR) is 87.1 cm³/mol. The Morgan fingerprint density at radius 1 is 1.00 bits per heavy atom. The van der Waals surface area contributed by atoms with Gasteiger partial charge in [-0.15, -0.1) is 0 Å². The second-order valence-electron chi connectivity index (χ2n) is 5.38. The zero-order chi connectivity index (χ0) is 14.5. The lowest BCUT2D eigenvalue weighted by molar-refractivity contribution is 0.447. The van der Waals surface area contributed by atoms with Gasteiger partial charge in [-0.1, -0.05) is 61.9 Å². The van der Waals surface area contributed by atoms with Gasteiger partial charge in [-0.2, -0.15) is 0 Å². The smallest absolute Gasteiger partial charge is 0.134 e. The van der Waals surface area contributed by atoms with Crippen LogP contribution in [0, 0.1) is 0 Å². The second-order valence-corrected chi connectivity index (χ2v) is 5.38. The molecule has 108 valence electrons. The van der Waals surface area contributed by atoms with Crippen molar-refractivity contribution in [1.82, 2.24) is 5.32 Å². The normalized spacial score (nSPS) is 12.6. The molecule has 0 aliphatic heterocycles. The number of fused-ring (bicyclic) bond motifs is 1. The van der Waals surface area contributed by atoms with Crippen LogP contribution in [0.25, 0.3) is 11.0 Å². The fraction of sp³-hybridized carbons (Fsp3) is 0.263. The third-order valence-corrected chi connectivity index (χ3v) is 3.78. The molecule has 0 aliphatic rings. The Morgan fingerprint density at radius 3 is 2.52 bits per heavy atom. The molecule has 0 saturated carbocycles. The Labute approximate surface area is 125 Å². The lowest BCUT2D eigenvalue weighted by Gasteiger charge is -2.17. The summed E-state index contributed by atoms with van der Waals surface area (Å²) in [4.78, 5) is 0. The minimum absolute atomic E-state index is 0.379. The first kappa shape index (κ1) is 13.9. The van der Waals surface area contributed by atoms with Crippen LogP contribution in [0.3, 0.4) is 0 Å². The van der Waals surface area contributed by atoms with Gasteiger partial charge in [-0.25, -0.2) is 0 Å². The quantitative estimate of drug-likeness (QED) is 0.682. The molecular weight excluding hydrogens is 258 g/mol. The van der Waals surface area contributed by atoms with Crippen molar-refractivity contribution in [2.45, 2.75) is 32.4 Å². The number of benzene rings is 2. The molecule has 0 spiro atoms. The average Bonchev–Trinajstić information content (AvgIpc) is 2.95. The monoisotopic (exact) mass is 279 g/mol. The van der Waals surface area contributed by atoms with E-state index in [9.17, 15) is 0 Å². The Bertz CT molecular complexity index is 654. The SMILES string of the molecule is CCCC(NCc1cc2ccccc2o1)c1ccccc1. The Hall–Kier alpha value is -2.06. The number of para-hydroxylation sites is 1. The van der Waals surface area contributed by atoms with Crippen molar-refractivity contribution in [2.75, 3.05) is 0 Å². The van der Waals surface area contributed by atoms with Crippen molar-refractivity contribution in [3.63, 3.8) is 0 Å². The predicted octanol–water partition coefficient (Wildman–Crippen LogP) is 5.06. The molecule has 0 fully saturated rings. The first-order chi connectivity index (χ1) is 10.4. The molecule has 2 aromatic carbocycles. The van der Waals surface area contributed by atoms with Crippen LogP contribution in [-0.4, -0.2) is 0 Å². The maximum atomic E-state index is 5.87. The molecule has 0 radical (unpaired) electrons. The van der Waals surface area contributed by atoms with Crippen molar-refractivity contribution in [3.8, 4) is 0 Å². The van der Waals surface area contributed by atoms with Gasteiger partial charge in [0.25, 0.3) is 0 Å². The standard InChI is InChI=1S/C19H21NO/c1-2-8-18(15-9-4-3-5-10-15)20-14-17-13-16-11-6-7-12-19(16)21-17/h3-7,9-13,18,20H,2,8,14H2,1H3. The van der Waals surface area contributed by atoms with Crippen molar-refractivity contribution in [3.05, 3.63) is 72.0 Å². The zero-order valence-electron chi connectivity index (χ0n) is 12.4. The van der Waals surface area contributed by atoms with E-state index in [1.807, 2.05) is 18.2 Å². The van der Waals surface area contributed by atoms with Crippen LogP contribution in [0.1, 0.15) is 37.1 Å². The van der Waals surface area contributed by atoms with Crippen LogP contribution in [0.2, 0.25) is 0 Å². The van der Waals surface area contributed by atoms with Crippen LogP contribution in [0.5, 0.6) is 0 Å². The van der Waals surface area contributed by atoms with E-state index in [1.54, 1.807) is 0 Å². The van der Waals surface area contributed by atoms with Crippen LogP contribution in [0.4, 0.5) is 0 Å². The van der Waals surface area contributed by atoms with Gasteiger partial charge in [0.15, 0.2) is 0 Å². The molecule has 1 N–H and O–H groups in total.